The first-order chi connectivity index (χ1) is 25.2. The fourth-order valence-electron chi connectivity index (χ4n) is 7.37. The molecule has 12 unspecified atom stereocenters. The molecule has 3 rings (SSSR count). The van der Waals surface area contributed by atoms with E-state index in [2.05, 4.69) is 6.58 Å². The van der Waals surface area contributed by atoms with E-state index in [9.17, 15) is 40.2 Å². The van der Waals surface area contributed by atoms with Crippen molar-refractivity contribution in [1.29, 1.82) is 0 Å². The van der Waals surface area contributed by atoms with Crippen LogP contribution in [0.3, 0.4) is 0 Å². The molecule has 0 bridgehead atoms. The Morgan fingerprint density at radius 2 is 1.35 bits per heavy atom. The zero-order valence-electron chi connectivity index (χ0n) is 33.6. The highest BCUT2D eigenvalue weighted by Crippen LogP contribution is 2.48. The van der Waals surface area contributed by atoms with Gasteiger partial charge in [0, 0.05) is 18.3 Å². The normalized spacial score (nSPS) is 35.9. The molecule has 12 heteroatoms. The van der Waals surface area contributed by atoms with Crippen molar-refractivity contribution in [2.75, 3.05) is 0 Å². The van der Waals surface area contributed by atoms with Crippen LogP contribution in [0.2, 0.25) is 0 Å². The molecule has 0 aromatic heterocycles. The molecule has 0 radical (unpaired) electrons. The Kier molecular flexibility index (Phi) is 17.2. The summed E-state index contributed by atoms with van der Waals surface area (Å²) in [4.78, 5) is 27.2. The quantitative estimate of drug-likeness (QED) is 0.0912. The molecule has 3 aliphatic rings. The van der Waals surface area contributed by atoms with Crippen molar-refractivity contribution in [3.63, 3.8) is 0 Å². The zero-order chi connectivity index (χ0) is 40.7. The fraction of sp³-hybridized carbons (Fsp3) is 0.714. The first-order valence-electron chi connectivity index (χ1n) is 19.2. The maximum Gasteiger partial charge on any atom is 0.187 e. The molecule has 2 saturated heterocycles. The summed E-state index contributed by atoms with van der Waals surface area (Å²) in [7, 11) is 0. The summed E-state index contributed by atoms with van der Waals surface area (Å²) in [5, 5.41) is 63.3. The van der Waals surface area contributed by atoms with Crippen LogP contribution in [0.15, 0.2) is 58.7 Å². The lowest BCUT2D eigenvalue weighted by Gasteiger charge is -2.45. The van der Waals surface area contributed by atoms with Gasteiger partial charge in [0.05, 0.1) is 24.4 Å². The SMILES string of the molecule is C=C(C(=O)C/C=C(\C)C(CC=C(C)C)OC1OC(C)C(OC2OC(C)C(O)C(O)C2O)C(O)C1O)[C@@H]1CCC[C@]1(C)C(=O)C/C=C(\C)C(O)CC=C(C)C. The largest absolute Gasteiger partial charge is 0.388 e. The number of ether oxygens (including phenoxy) is 4. The van der Waals surface area contributed by atoms with Crippen LogP contribution >= 0.6 is 0 Å². The standard InChI is InChI=1S/C42H66O12/c1-22(2)13-17-30(43)24(5)16-20-33(45)42(10)21-11-12-29(42)26(7)31(44)18-15-25(6)32(19-14-23(3)4)53-40-38(50)36(48)39(28(9)52-40)54-41-37(49)35(47)34(46)27(8)51-41/h13-16,27-30,32,34-41,43,46-50H,7,11-12,17-21H2,1-6,8-10H3/b24-16+,25-15+/t27?,28?,29-,30?,32?,34?,35?,36?,37?,38?,39?,40?,41?,42-/m0/s1. The minimum atomic E-state index is -1.60. The number of aliphatic hydroxyl groups is 6. The van der Waals surface area contributed by atoms with Crippen LogP contribution < -0.4 is 0 Å². The van der Waals surface area contributed by atoms with Crippen molar-refractivity contribution in [1.82, 2.24) is 0 Å². The highest BCUT2D eigenvalue weighted by molar-refractivity contribution is 5.98. The van der Waals surface area contributed by atoms with Gasteiger partial charge in [-0.05, 0) is 104 Å². The first-order valence-corrected chi connectivity index (χ1v) is 19.2. The van der Waals surface area contributed by atoms with E-state index in [0.717, 1.165) is 23.1 Å². The molecule has 0 amide bonds. The molecule has 54 heavy (non-hydrogen) atoms. The molecule has 14 atom stereocenters. The number of allylic oxidation sites excluding steroid dienone is 5. The summed E-state index contributed by atoms with van der Waals surface area (Å²) < 4.78 is 23.5. The summed E-state index contributed by atoms with van der Waals surface area (Å²) in [5.41, 5.74) is 3.26. The van der Waals surface area contributed by atoms with Gasteiger partial charge in [-0.3, -0.25) is 9.59 Å². The highest BCUT2D eigenvalue weighted by Gasteiger charge is 2.50. The van der Waals surface area contributed by atoms with Crippen LogP contribution in [-0.2, 0) is 28.5 Å². The van der Waals surface area contributed by atoms with Crippen LogP contribution in [0.25, 0.3) is 0 Å². The highest BCUT2D eigenvalue weighted by atomic mass is 16.7. The molecule has 306 valence electrons. The average molecular weight is 763 g/mol. The van der Waals surface area contributed by atoms with Gasteiger partial charge >= 0.3 is 0 Å². The first kappa shape index (κ1) is 46.0. The van der Waals surface area contributed by atoms with E-state index < -0.39 is 79.0 Å². The van der Waals surface area contributed by atoms with Crippen molar-refractivity contribution in [2.24, 2.45) is 11.3 Å². The number of hydrogen-bond donors (Lipinski definition) is 6. The number of hydrogen-bond acceptors (Lipinski definition) is 12. The van der Waals surface area contributed by atoms with Gasteiger partial charge in [0.1, 0.15) is 42.4 Å². The van der Waals surface area contributed by atoms with Crippen molar-refractivity contribution in [3.8, 4) is 0 Å². The Labute approximate surface area is 321 Å². The fourth-order valence-corrected chi connectivity index (χ4v) is 7.37. The summed E-state index contributed by atoms with van der Waals surface area (Å²) in [5.74, 6) is -0.450. The molecule has 3 fully saturated rings. The Hall–Kier alpha value is -2.36. The van der Waals surface area contributed by atoms with Crippen molar-refractivity contribution < 1.29 is 59.2 Å². The minimum Gasteiger partial charge on any atom is -0.388 e. The topological polar surface area (TPSA) is 192 Å². The molecule has 0 aromatic carbocycles. The molecule has 2 heterocycles. The third-order valence-corrected chi connectivity index (χ3v) is 11.3. The van der Waals surface area contributed by atoms with Gasteiger partial charge in [0.15, 0.2) is 18.4 Å². The van der Waals surface area contributed by atoms with Gasteiger partial charge in [0.2, 0.25) is 0 Å². The molecule has 12 nitrogen and oxygen atoms in total. The van der Waals surface area contributed by atoms with Gasteiger partial charge in [-0.25, -0.2) is 0 Å². The van der Waals surface area contributed by atoms with Gasteiger partial charge < -0.3 is 49.6 Å². The number of carbonyl (C=O) groups excluding carboxylic acids is 2. The van der Waals surface area contributed by atoms with E-state index in [0.29, 0.717) is 36.8 Å². The number of ketones is 2. The third kappa shape index (κ3) is 11.6. The van der Waals surface area contributed by atoms with Crippen molar-refractivity contribution >= 4 is 11.6 Å². The van der Waals surface area contributed by atoms with E-state index in [1.54, 1.807) is 19.1 Å². The number of rotatable bonds is 17. The predicted octanol–water partition coefficient (Wildman–Crippen LogP) is 4.30. The summed E-state index contributed by atoms with van der Waals surface area (Å²) in [6.07, 6.45) is -3.71. The van der Waals surface area contributed by atoms with Crippen LogP contribution in [0, 0.1) is 11.3 Å². The Balaban J connectivity index is 1.68. The third-order valence-electron chi connectivity index (χ3n) is 11.3. The summed E-state index contributed by atoms with van der Waals surface area (Å²) in [6, 6.07) is 0. The van der Waals surface area contributed by atoms with E-state index in [4.69, 9.17) is 18.9 Å². The predicted molar refractivity (Wildman–Crippen MR) is 204 cm³/mol. The second kappa shape index (κ2) is 20.2. The van der Waals surface area contributed by atoms with Crippen molar-refractivity contribution in [2.45, 2.75) is 181 Å². The smallest absolute Gasteiger partial charge is 0.187 e. The van der Waals surface area contributed by atoms with E-state index in [-0.39, 0.29) is 30.3 Å². The maximum atomic E-state index is 13.6. The van der Waals surface area contributed by atoms with E-state index in [1.165, 1.54) is 6.92 Å². The Morgan fingerprint density at radius 3 is 1.98 bits per heavy atom. The summed E-state index contributed by atoms with van der Waals surface area (Å²) >= 11 is 0. The molecule has 1 saturated carbocycles. The van der Waals surface area contributed by atoms with Gasteiger partial charge in [0.25, 0.3) is 0 Å². The zero-order valence-corrected chi connectivity index (χ0v) is 33.6. The number of aliphatic hydroxyl groups excluding tert-OH is 6. The maximum absolute atomic E-state index is 13.6. The molecule has 0 spiro atoms. The van der Waals surface area contributed by atoms with Crippen LogP contribution in [-0.4, -0.2) is 116 Å². The van der Waals surface area contributed by atoms with E-state index in [1.807, 2.05) is 60.6 Å². The average Bonchev–Trinajstić information content (AvgIpc) is 3.53. The Morgan fingerprint density at radius 1 is 0.778 bits per heavy atom. The van der Waals surface area contributed by atoms with Crippen LogP contribution in [0.5, 0.6) is 0 Å². The lowest BCUT2D eigenvalue weighted by atomic mass is 9.71. The van der Waals surface area contributed by atoms with Crippen LogP contribution in [0.4, 0.5) is 0 Å². The lowest BCUT2D eigenvalue weighted by Crippen LogP contribution is -2.63. The molecule has 0 aromatic rings. The van der Waals surface area contributed by atoms with Gasteiger partial charge in [-0.1, -0.05) is 55.4 Å². The second-order valence-corrected chi connectivity index (χ2v) is 16.2. The van der Waals surface area contributed by atoms with Gasteiger partial charge in [-0.15, -0.1) is 0 Å². The number of Topliss-reactive ketones (excluding diaryl/α,β-unsaturated/α-hetero) is 2. The van der Waals surface area contributed by atoms with Gasteiger partial charge in [-0.2, -0.15) is 0 Å². The van der Waals surface area contributed by atoms with Crippen molar-refractivity contribution in [3.05, 3.63) is 58.7 Å². The molecule has 2 aliphatic heterocycles. The lowest BCUT2D eigenvalue weighted by molar-refractivity contribution is -0.354. The molecule has 6 N–H and O–H groups in total. The van der Waals surface area contributed by atoms with Crippen LogP contribution in [0.1, 0.15) is 107 Å². The number of carbonyl (C=O) groups is 2. The summed E-state index contributed by atoms with van der Waals surface area (Å²) in [6.45, 7) is 20.6. The molecular weight excluding hydrogens is 696 g/mol. The minimum absolute atomic E-state index is 0.0260. The monoisotopic (exact) mass is 762 g/mol. The second-order valence-electron chi connectivity index (χ2n) is 16.2. The molecular formula is C42H66O12. The Bertz CT molecular complexity index is 1420. The molecule has 1 aliphatic carbocycles. The van der Waals surface area contributed by atoms with E-state index >= 15 is 0 Å².